The lowest BCUT2D eigenvalue weighted by molar-refractivity contribution is -0.137. The molecule has 1 fully saturated rings. The average Bonchev–Trinajstić information content (AvgIpc) is 3.45. The van der Waals surface area contributed by atoms with Crippen LogP contribution in [0.1, 0.15) is 24.8 Å². The van der Waals surface area contributed by atoms with Crippen LogP contribution in [0.4, 0.5) is 5.69 Å². The Morgan fingerprint density at radius 3 is 2.75 bits per heavy atom. The second-order valence-electron chi connectivity index (χ2n) is 8.47. The summed E-state index contributed by atoms with van der Waals surface area (Å²) in [5, 5.41) is 14.9. The normalized spacial score (nSPS) is 19.2. The number of nitrogens with one attached hydrogen (secondary N) is 2. The third kappa shape index (κ3) is 4.69. The number of nitrogens with zero attached hydrogens (tertiary/aromatic N) is 1. The number of aromatic amines is 1. The zero-order valence-electron chi connectivity index (χ0n) is 17.8. The van der Waals surface area contributed by atoms with E-state index in [0.717, 1.165) is 71.1 Å². The Kier molecular flexibility index (Phi) is 6.19. The van der Waals surface area contributed by atoms with E-state index in [9.17, 15) is 4.79 Å². The van der Waals surface area contributed by atoms with Gasteiger partial charge in [-0.2, -0.15) is 0 Å². The number of aliphatic carboxylic acids is 1. The fourth-order valence-electron chi connectivity index (χ4n) is 4.36. The number of hydrogen-bond donors (Lipinski definition) is 3. The number of carboxylic acid groups (broad SMARTS) is 1. The van der Waals surface area contributed by atoms with Crippen LogP contribution in [0.2, 0.25) is 0 Å². The highest BCUT2D eigenvalue weighted by molar-refractivity contribution is 8.14. The molecule has 0 aliphatic carbocycles. The lowest BCUT2D eigenvalue weighted by atomic mass is 10.00. The van der Waals surface area contributed by atoms with E-state index < -0.39 is 5.97 Å². The van der Waals surface area contributed by atoms with Gasteiger partial charge in [0.25, 0.3) is 0 Å². The van der Waals surface area contributed by atoms with Gasteiger partial charge in [-0.3, -0.25) is 9.79 Å². The van der Waals surface area contributed by atoms with Gasteiger partial charge < -0.3 is 20.1 Å². The molecule has 2 aromatic carbocycles. The summed E-state index contributed by atoms with van der Waals surface area (Å²) in [5.41, 5.74) is 5.43. The first-order valence-corrected chi connectivity index (χ1v) is 12.1. The smallest absolute Gasteiger partial charge is 0.305 e. The van der Waals surface area contributed by atoms with Crippen LogP contribution in [-0.4, -0.2) is 52.7 Å². The second-order valence-corrected chi connectivity index (χ2v) is 9.48. The van der Waals surface area contributed by atoms with Gasteiger partial charge in [-0.1, -0.05) is 30.3 Å². The molecule has 2 aliphatic heterocycles. The third-order valence-corrected chi connectivity index (χ3v) is 7.27. The van der Waals surface area contributed by atoms with Gasteiger partial charge in [0.15, 0.2) is 0 Å². The first-order chi connectivity index (χ1) is 15.7. The number of benzene rings is 2. The van der Waals surface area contributed by atoms with Crippen LogP contribution in [-0.2, 0) is 9.53 Å². The number of aliphatic imine (C=N–C) groups is 1. The Morgan fingerprint density at radius 1 is 1.16 bits per heavy atom. The van der Waals surface area contributed by atoms with Crippen molar-refractivity contribution in [1.82, 2.24) is 4.98 Å². The molecular formula is C25H27N3O3S. The van der Waals surface area contributed by atoms with Crippen LogP contribution in [0.25, 0.3) is 22.2 Å². The van der Waals surface area contributed by atoms with Crippen molar-refractivity contribution in [3.63, 3.8) is 0 Å². The molecule has 0 saturated carbocycles. The molecule has 7 heteroatoms. The highest BCUT2D eigenvalue weighted by Crippen LogP contribution is 2.34. The second kappa shape index (κ2) is 9.38. The summed E-state index contributed by atoms with van der Waals surface area (Å²) in [6, 6.07) is 16.7. The predicted octanol–water partition coefficient (Wildman–Crippen LogP) is 5.01. The minimum Gasteiger partial charge on any atom is -0.481 e. The van der Waals surface area contributed by atoms with E-state index >= 15 is 0 Å². The number of thioether (sulfide) groups is 1. The van der Waals surface area contributed by atoms with Gasteiger partial charge in [-0.05, 0) is 42.5 Å². The van der Waals surface area contributed by atoms with Crippen LogP contribution < -0.4 is 5.32 Å². The fourth-order valence-corrected chi connectivity index (χ4v) is 5.42. The Bertz CT molecular complexity index is 1140. The van der Waals surface area contributed by atoms with Crippen LogP contribution in [0.15, 0.2) is 53.5 Å². The molecule has 2 aliphatic rings. The van der Waals surface area contributed by atoms with E-state index in [4.69, 9.17) is 14.8 Å². The molecular weight excluding hydrogens is 422 g/mol. The largest absolute Gasteiger partial charge is 0.481 e. The van der Waals surface area contributed by atoms with E-state index in [1.807, 2.05) is 18.2 Å². The first-order valence-electron chi connectivity index (χ1n) is 11.1. The van der Waals surface area contributed by atoms with Gasteiger partial charge in [0.05, 0.1) is 28.7 Å². The maximum absolute atomic E-state index is 11.1. The molecule has 0 radical (unpaired) electrons. The maximum Gasteiger partial charge on any atom is 0.305 e. The van der Waals surface area contributed by atoms with Gasteiger partial charge in [0.2, 0.25) is 0 Å². The van der Waals surface area contributed by atoms with Crippen molar-refractivity contribution in [3.8, 4) is 11.3 Å². The summed E-state index contributed by atoms with van der Waals surface area (Å²) >= 11 is 1.64. The monoisotopic (exact) mass is 449 g/mol. The van der Waals surface area contributed by atoms with Crippen molar-refractivity contribution in [1.29, 1.82) is 0 Å². The number of ether oxygens (including phenoxy) is 1. The van der Waals surface area contributed by atoms with Gasteiger partial charge in [-0.25, -0.2) is 0 Å². The standard InChI is InChI=1S/C25H27N3O3S/c29-23(30)13-20-15-32-25(27-20)19-10-18-11-21(17-4-2-1-3-5-17)28-24(18)22(12-19)26-14-16-6-8-31-9-7-16/h1-5,10-12,16,20,26,28H,6-9,13-15H2,(H,29,30). The summed E-state index contributed by atoms with van der Waals surface area (Å²) in [4.78, 5) is 19.4. The number of hydrogen-bond acceptors (Lipinski definition) is 5. The van der Waals surface area contributed by atoms with Crippen molar-refractivity contribution < 1.29 is 14.6 Å². The molecule has 32 heavy (non-hydrogen) atoms. The minimum absolute atomic E-state index is 0.0793. The first kappa shape index (κ1) is 21.1. The topological polar surface area (TPSA) is 86.7 Å². The number of fused-ring (bicyclic) bond motifs is 1. The van der Waals surface area contributed by atoms with E-state index in [1.165, 1.54) is 0 Å². The fraction of sp³-hybridized carbons (Fsp3) is 0.360. The highest BCUT2D eigenvalue weighted by Gasteiger charge is 2.23. The Hall–Kier alpha value is -2.77. The van der Waals surface area contributed by atoms with E-state index in [0.29, 0.717) is 11.7 Å². The van der Waals surface area contributed by atoms with E-state index in [2.05, 4.69) is 40.6 Å². The molecule has 1 atom stereocenters. The van der Waals surface area contributed by atoms with Crippen LogP contribution in [0.3, 0.4) is 0 Å². The van der Waals surface area contributed by atoms with E-state index in [-0.39, 0.29) is 12.5 Å². The number of anilines is 1. The van der Waals surface area contributed by atoms with Crippen LogP contribution in [0, 0.1) is 5.92 Å². The molecule has 3 aromatic rings. The number of H-pyrrole nitrogens is 1. The zero-order chi connectivity index (χ0) is 21.9. The SMILES string of the molecule is O=C(O)CC1CSC(c2cc(NCC3CCOCC3)c3[nH]c(-c4ccccc4)cc3c2)=N1. The molecule has 5 rings (SSSR count). The van der Waals surface area contributed by atoms with Gasteiger partial charge >= 0.3 is 5.97 Å². The molecule has 3 N–H and O–H groups in total. The van der Waals surface area contributed by atoms with Crippen molar-refractivity contribution in [3.05, 3.63) is 54.1 Å². The summed E-state index contributed by atoms with van der Waals surface area (Å²) in [7, 11) is 0. The molecule has 1 aromatic heterocycles. The molecule has 0 spiro atoms. The molecule has 3 heterocycles. The zero-order valence-corrected chi connectivity index (χ0v) is 18.7. The van der Waals surface area contributed by atoms with Crippen LogP contribution >= 0.6 is 11.8 Å². The number of carboxylic acids is 1. The Morgan fingerprint density at radius 2 is 1.97 bits per heavy atom. The van der Waals surface area contributed by atoms with Gasteiger partial charge in [0, 0.05) is 42.2 Å². The summed E-state index contributed by atoms with van der Waals surface area (Å²) in [6.45, 7) is 2.57. The quantitative estimate of drug-likeness (QED) is 0.472. The van der Waals surface area contributed by atoms with Crippen molar-refractivity contribution in [2.75, 3.05) is 30.8 Å². The van der Waals surface area contributed by atoms with Crippen molar-refractivity contribution in [2.24, 2.45) is 10.9 Å². The molecule has 0 bridgehead atoms. The van der Waals surface area contributed by atoms with E-state index in [1.54, 1.807) is 11.8 Å². The lowest BCUT2D eigenvalue weighted by Gasteiger charge is -2.23. The summed E-state index contributed by atoms with van der Waals surface area (Å²) in [5.74, 6) is 0.518. The molecule has 1 unspecified atom stereocenters. The molecule has 6 nitrogen and oxygen atoms in total. The average molecular weight is 450 g/mol. The molecule has 1 saturated heterocycles. The van der Waals surface area contributed by atoms with Gasteiger partial charge in [0.1, 0.15) is 0 Å². The lowest BCUT2D eigenvalue weighted by Crippen LogP contribution is -2.22. The number of aromatic nitrogens is 1. The number of rotatable bonds is 7. The molecule has 0 amide bonds. The summed E-state index contributed by atoms with van der Waals surface area (Å²) in [6.07, 6.45) is 2.24. The minimum atomic E-state index is -0.798. The maximum atomic E-state index is 11.1. The summed E-state index contributed by atoms with van der Waals surface area (Å²) < 4.78 is 5.50. The number of carbonyl (C=O) groups is 1. The van der Waals surface area contributed by atoms with Crippen molar-refractivity contribution >= 4 is 39.4 Å². The highest BCUT2D eigenvalue weighted by atomic mass is 32.2. The predicted molar refractivity (Wildman–Crippen MR) is 131 cm³/mol. The van der Waals surface area contributed by atoms with Crippen LogP contribution in [0.5, 0.6) is 0 Å². The third-order valence-electron chi connectivity index (χ3n) is 6.10. The molecule has 166 valence electrons. The van der Waals surface area contributed by atoms with Gasteiger partial charge in [-0.15, -0.1) is 11.8 Å². The Balaban J connectivity index is 1.49. The Labute approximate surface area is 191 Å². The van der Waals surface area contributed by atoms with Crippen molar-refractivity contribution in [2.45, 2.75) is 25.3 Å².